The van der Waals surface area contributed by atoms with Crippen LogP contribution in [-0.2, 0) is 4.79 Å². The topological polar surface area (TPSA) is 20.3 Å². The van der Waals surface area contributed by atoms with E-state index in [9.17, 15) is 4.79 Å². The minimum absolute atomic E-state index is 0.0253. The number of benzene rings is 1. The van der Waals surface area contributed by atoms with Crippen LogP contribution in [0.2, 0.25) is 0 Å². The molecular weight excluding hydrogens is 246 g/mol. The Bertz CT molecular complexity index is 441. The van der Waals surface area contributed by atoms with Crippen molar-refractivity contribution in [2.75, 3.05) is 14.1 Å². The second-order valence-corrected chi connectivity index (χ2v) is 5.36. The fraction of sp³-hybridized carbons (Fsp3) is 0.400. The van der Waals surface area contributed by atoms with Crippen LogP contribution < -0.4 is 0 Å². The van der Waals surface area contributed by atoms with E-state index in [1.165, 1.54) is 0 Å². The molecule has 3 unspecified atom stereocenters. The van der Waals surface area contributed by atoms with Crippen LogP contribution in [0.3, 0.4) is 0 Å². The van der Waals surface area contributed by atoms with Crippen LogP contribution in [0.15, 0.2) is 42.5 Å². The van der Waals surface area contributed by atoms with Crippen molar-refractivity contribution in [2.24, 2.45) is 11.8 Å². The van der Waals surface area contributed by atoms with E-state index in [0.29, 0.717) is 0 Å². The molecule has 0 bridgehead atoms. The zero-order chi connectivity index (χ0) is 13.1. The van der Waals surface area contributed by atoms with Crippen LogP contribution >= 0.6 is 11.6 Å². The van der Waals surface area contributed by atoms with Gasteiger partial charge in [-0.15, -0.1) is 11.6 Å². The van der Waals surface area contributed by atoms with Crippen LogP contribution in [0.4, 0.5) is 0 Å². The third kappa shape index (κ3) is 2.59. The first-order chi connectivity index (χ1) is 8.61. The quantitative estimate of drug-likeness (QED) is 0.606. The zero-order valence-corrected chi connectivity index (χ0v) is 11.5. The molecule has 0 saturated carbocycles. The number of carbonyl (C=O) groups excluding carboxylic acids is 1. The van der Waals surface area contributed by atoms with Gasteiger partial charge in [-0.05, 0) is 12.0 Å². The summed E-state index contributed by atoms with van der Waals surface area (Å²) in [5, 5.41) is -0.140. The maximum Gasteiger partial charge on any atom is 0.226 e. The highest BCUT2D eigenvalue weighted by molar-refractivity contribution is 6.21. The molecule has 1 amide bonds. The van der Waals surface area contributed by atoms with Crippen LogP contribution in [0.1, 0.15) is 17.4 Å². The summed E-state index contributed by atoms with van der Waals surface area (Å²) in [6, 6.07) is 9.96. The van der Waals surface area contributed by atoms with Crippen molar-refractivity contribution < 1.29 is 4.79 Å². The first kappa shape index (κ1) is 13.2. The molecule has 2 rings (SSSR count). The summed E-state index contributed by atoms with van der Waals surface area (Å²) in [7, 11) is 3.59. The molecule has 1 aromatic rings. The van der Waals surface area contributed by atoms with Gasteiger partial charge in [0, 0.05) is 25.9 Å². The zero-order valence-electron chi connectivity index (χ0n) is 10.7. The largest absolute Gasteiger partial charge is 0.349 e. The predicted molar refractivity (Wildman–Crippen MR) is 74.5 cm³/mol. The highest BCUT2D eigenvalue weighted by Crippen LogP contribution is 2.40. The Morgan fingerprint density at radius 2 is 2.00 bits per heavy atom. The van der Waals surface area contributed by atoms with Crippen LogP contribution in [-0.4, -0.2) is 24.9 Å². The number of hydrogen-bond acceptors (Lipinski definition) is 1. The normalized spacial score (nSPS) is 23.9. The number of nitrogens with zero attached hydrogens (tertiary/aromatic N) is 1. The highest BCUT2D eigenvalue weighted by Gasteiger charge is 2.35. The molecular formula is C15H18ClNO. The van der Waals surface area contributed by atoms with E-state index in [-0.39, 0.29) is 23.1 Å². The molecule has 1 aliphatic carbocycles. The predicted octanol–water partition coefficient (Wildman–Crippen LogP) is 3.25. The van der Waals surface area contributed by atoms with Gasteiger partial charge in [-0.2, -0.15) is 0 Å². The number of amides is 1. The van der Waals surface area contributed by atoms with Crippen LogP contribution in [0, 0.1) is 11.8 Å². The summed E-state index contributed by atoms with van der Waals surface area (Å²) in [6.07, 6.45) is 4.93. The first-order valence-electron chi connectivity index (χ1n) is 6.18. The number of carbonyl (C=O) groups is 1. The minimum Gasteiger partial charge on any atom is -0.349 e. The van der Waals surface area contributed by atoms with Gasteiger partial charge in [0.2, 0.25) is 5.91 Å². The van der Waals surface area contributed by atoms with Gasteiger partial charge in [0.15, 0.2) is 0 Å². The van der Waals surface area contributed by atoms with Crippen molar-refractivity contribution in [3.8, 4) is 0 Å². The van der Waals surface area contributed by atoms with Crippen molar-refractivity contribution in [1.82, 2.24) is 4.90 Å². The van der Waals surface area contributed by atoms with Crippen LogP contribution in [0.5, 0.6) is 0 Å². The van der Waals surface area contributed by atoms with E-state index in [1.807, 2.05) is 30.3 Å². The molecule has 0 aliphatic heterocycles. The van der Waals surface area contributed by atoms with E-state index < -0.39 is 0 Å². The lowest BCUT2D eigenvalue weighted by molar-refractivity contribution is -0.133. The standard InChI is InChI=1S/C15H18ClNO/c1-17(2)15(18)13-10-6-9-12(13)14(16)11-7-4-3-5-8-11/h3-9,12-14H,10H2,1-2H3. The molecule has 0 spiro atoms. The Morgan fingerprint density at radius 3 is 2.61 bits per heavy atom. The first-order valence-corrected chi connectivity index (χ1v) is 6.61. The number of rotatable bonds is 3. The summed E-state index contributed by atoms with van der Waals surface area (Å²) < 4.78 is 0. The third-order valence-corrected chi connectivity index (χ3v) is 3.97. The van der Waals surface area contributed by atoms with E-state index in [1.54, 1.807) is 19.0 Å². The highest BCUT2D eigenvalue weighted by atomic mass is 35.5. The second-order valence-electron chi connectivity index (χ2n) is 4.89. The van der Waals surface area contributed by atoms with Gasteiger partial charge in [-0.25, -0.2) is 0 Å². The second kappa shape index (κ2) is 5.57. The summed E-state index contributed by atoms with van der Waals surface area (Å²) in [6.45, 7) is 0. The maximum absolute atomic E-state index is 12.1. The molecule has 0 saturated heterocycles. The molecule has 0 N–H and O–H groups in total. The summed E-state index contributed by atoms with van der Waals surface area (Å²) in [5.74, 6) is 0.221. The lowest BCUT2D eigenvalue weighted by Gasteiger charge is -2.25. The van der Waals surface area contributed by atoms with Crippen molar-refractivity contribution in [2.45, 2.75) is 11.8 Å². The Hall–Kier alpha value is -1.28. The lowest BCUT2D eigenvalue weighted by Crippen LogP contribution is -2.33. The van der Waals surface area contributed by atoms with Gasteiger partial charge in [-0.3, -0.25) is 4.79 Å². The Kier molecular flexibility index (Phi) is 4.07. The van der Waals surface area contributed by atoms with Crippen molar-refractivity contribution in [3.63, 3.8) is 0 Å². The number of allylic oxidation sites excluding steroid dienone is 2. The van der Waals surface area contributed by atoms with E-state index in [0.717, 1.165) is 12.0 Å². The smallest absolute Gasteiger partial charge is 0.226 e. The molecule has 3 atom stereocenters. The molecule has 96 valence electrons. The average molecular weight is 264 g/mol. The van der Waals surface area contributed by atoms with E-state index in [2.05, 4.69) is 12.2 Å². The fourth-order valence-electron chi connectivity index (χ4n) is 2.43. The van der Waals surface area contributed by atoms with E-state index in [4.69, 9.17) is 11.6 Å². The monoisotopic (exact) mass is 263 g/mol. The summed E-state index contributed by atoms with van der Waals surface area (Å²) >= 11 is 6.53. The number of hydrogen-bond donors (Lipinski definition) is 0. The van der Waals surface area contributed by atoms with Crippen LogP contribution in [0.25, 0.3) is 0 Å². The summed E-state index contributed by atoms with van der Waals surface area (Å²) in [5.41, 5.74) is 1.08. The average Bonchev–Trinajstić information content (AvgIpc) is 2.87. The SMILES string of the molecule is CN(C)C(=O)C1CC=CC1C(Cl)c1ccccc1. The molecule has 1 aromatic carbocycles. The molecule has 2 nitrogen and oxygen atoms in total. The molecule has 3 heteroatoms. The van der Waals surface area contributed by atoms with Crippen molar-refractivity contribution >= 4 is 17.5 Å². The number of halogens is 1. The lowest BCUT2D eigenvalue weighted by atomic mass is 9.88. The molecule has 0 aromatic heterocycles. The van der Waals surface area contributed by atoms with Gasteiger partial charge < -0.3 is 4.90 Å². The Balaban J connectivity index is 2.17. The summed E-state index contributed by atoms with van der Waals surface area (Å²) in [4.78, 5) is 13.8. The van der Waals surface area contributed by atoms with Gasteiger partial charge in [-0.1, -0.05) is 42.5 Å². The number of alkyl halides is 1. The maximum atomic E-state index is 12.1. The molecule has 0 heterocycles. The van der Waals surface area contributed by atoms with Crippen molar-refractivity contribution in [3.05, 3.63) is 48.0 Å². The Labute approximate surface area is 113 Å². The molecule has 0 fully saturated rings. The van der Waals surface area contributed by atoms with Gasteiger partial charge in [0.25, 0.3) is 0 Å². The molecule has 18 heavy (non-hydrogen) atoms. The molecule has 0 radical (unpaired) electrons. The fourth-order valence-corrected chi connectivity index (χ4v) is 2.84. The third-order valence-electron chi connectivity index (χ3n) is 3.43. The minimum atomic E-state index is -0.140. The van der Waals surface area contributed by atoms with Gasteiger partial charge >= 0.3 is 0 Å². The van der Waals surface area contributed by atoms with Gasteiger partial charge in [0.05, 0.1) is 5.38 Å². The van der Waals surface area contributed by atoms with E-state index >= 15 is 0 Å². The van der Waals surface area contributed by atoms with Crippen molar-refractivity contribution in [1.29, 1.82) is 0 Å². The Morgan fingerprint density at radius 1 is 1.33 bits per heavy atom. The van der Waals surface area contributed by atoms with Gasteiger partial charge in [0.1, 0.15) is 0 Å². The molecule has 1 aliphatic rings.